The van der Waals surface area contributed by atoms with E-state index in [1.54, 1.807) is 29.9 Å². The van der Waals surface area contributed by atoms with E-state index < -0.39 is 0 Å². The Bertz CT molecular complexity index is 850. The SMILES string of the molecule is Cn1c(=Nc2ccccc2)sc2ncccc2c1=O. The number of para-hydroxylation sites is 1. The van der Waals surface area contributed by atoms with Crippen molar-refractivity contribution in [2.75, 3.05) is 0 Å². The molecule has 4 nitrogen and oxygen atoms in total. The summed E-state index contributed by atoms with van der Waals surface area (Å²) in [6.45, 7) is 0. The Kier molecular flexibility index (Phi) is 2.97. The first-order valence-electron chi connectivity index (χ1n) is 5.80. The second-order valence-electron chi connectivity index (χ2n) is 4.05. The summed E-state index contributed by atoms with van der Waals surface area (Å²) in [6, 6.07) is 13.1. The van der Waals surface area contributed by atoms with E-state index in [1.807, 2.05) is 30.3 Å². The van der Waals surface area contributed by atoms with Crippen LogP contribution in [-0.4, -0.2) is 9.55 Å². The summed E-state index contributed by atoms with van der Waals surface area (Å²) >= 11 is 1.41. The van der Waals surface area contributed by atoms with Crippen molar-refractivity contribution < 1.29 is 0 Å². The van der Waals surface area contributed by atoms with Crippen LogP contribution in [0.5, 0.6) is 0 Å². The lowest BCUT2D eigenvalue weighted by molar-refractivity contribution is 0.832. The Morgan fingerprint density at radius 1 is 1.16 bits per heavy atom. The minimum absolute atomic E-state index is 0.0727. The van der Waals surface area contributed by atoms with Crippen molar-refractivity contribution in [2.24, 2.45) is 12.0 Å². The maximum atomic E-state index is 12.2. The van der Waals surface area contributed by atoms with Crippen LogP contribution in [0.15, 0.2) is 58.4 Å². The molecule has 0 aliphatic heterocycles. The molecule has 0 atom stereocenters. The molecule has 0 aliphatic carbocycles. The van der Waals surface area contributed by atoms with Crippen LogP contribution in [0.1, 0.15) is 0 Å². The van der Waals surface area contributed by atoms with Gasteiger partial charge in [-0.15, -0.1) is 0 Å². The van der Waals surface area contributed by atoms with Crippen LogP contribution in [-0.2, 0) is 7.05 Å². The number of aromatic nitrogens is 2. The second kappa shape index (κ2) is 4.78. The molecule has 0 radical (unpaired) electrons. The zero-order chi connectivity index (χ0) is 13.2. The molecule has 0 amide bonds. The van der Waals surface area contributed by atoms with Gasteiger partial charge >= 0.3 is 0 Å². The van der Waals surface area contributed by atoms with Crippen LogP contribution in [0, 0.1) is 0 Å². The van der Waals surface area contributed by atoms with Crippen LogP contribution in [0.2, 0.25) is 0 Å². The van der Waals surface area contributed by atoms with Gasteiger partial charge < -0.3 is 0 Å². The Labute approximate surface area is 113 Å². The lowest BCUT2D eigenvalue weighted by Crippen LogP contribution is -2.28. The molecule has 3 rings (SSSR count). The van der Waals surface area contributed by atoms with E-state index >= 15 is 0 Å². The molecule has 0 saturated heterocycles. The molecule has 2 heterocycles. The summed E-state index contributed by atoms with van der Waals surface area (Å²) in [6.07, 6.45) is 1.69. The molecule has 2 aromatic heterocycles. The van der Waals surface area contributed by atoms with E-state index in [-0.39, 0.29) is 5.56 Å². The Balaban J connectivity index is 2.34. The van der Waals surface area contributed by atoms with Crippen molar-refractivity contribution in [2.45, 2.75) is 0 Å². The lowest BCUT2D eigenvalue weighted by Gasteiger charge is -2.01. The quantitative estimate of drug-likeness (QED) is 0.680. The molecule has 0 N–H and O–H groups in total. The third-order valence-corrected chi connectivity index (χ3v) is 3.83. The number of rotatable bonds is 1. The Morgan fingerprint density at radius 2 is 1.95 bits per heavy atom. The predicted molar refractivity (Wildman–Crippen MR) is 76.5 cm³/mol. The van der Waals surface area contributed by atoms with Gasteiger partial charge in [0.05, 0.1) is 11.1 Å². The molecular formula is C14H11N3OS. The zero-order valence-corrected chi connectivity index (χ0v) is 11.1. The fraction of sp³-hybridized carbons (Fsp3) is 0.0714. The summed E-state index contributed by atoms with van der Waals surface area (Å²) in [5.74, 6) is 0. The molecule has 0 saturated carbocycles. The van der Waals surface area contributed by atoms with Gasteiger partial charge in [0.25, 0.3) is 5.56 Å². The van der Waals surface area contributed by atoms with Crippen molar-refractivity contribution >= 4 is 27.2 Å². The zero-order valence-electron chi connectivity index (χ0n) is 10.3. The number of benzene rings is 1. The maximum Gasteiger partial charge on any atom is 0.262 e. The second-order valence-corrected chi connectivity index (χ2v) is 5.01. The molecular weight excluding hydrogens is 258 g/mol. The first-order chi connectivity index (χ1) is 9.25. The van der Waals surface area contributed by atoms with Crippen LogP contribution in [0.3, 0.4) is 0 Å². The highest BCUT2D eigenvalue weighted by Crippen LogP contribution is 2.11. The monoisotopic (exact) mass is 269 g/mol. The van der Waals surface area contributed by atoms with E-state index in [1.165, 1.54) is 11.3 Å². The van der Waals surface area contributed by atoms with Crippen molar-refractivity contribution in [3.63, 3.8) is 0 Å². The van der Waals surface area contributed by atoms with Crippen molar-refractivity contribution in [1.29, 1.82) is 0 Å². The summed E-state index contributed by atoms with van der Waals surface area (Å²) in [5, 5.41) is 0.627. The molecule has 0 bridgehead atoms. The van der Waals surface area contributed by atoms with Crippen molar-refractivity contribution in [3.8, 4) is 0 Å². The summed E-state index contributed by atoms with van der Waals surface area (Å²) in [7, 11) is 1.73. The molecule has 3 aromatic rings. The van der Waals surface area contributed by atoms with Gasteiger partial charge in [0.2, 0.25) is 0 Å². The minimum Gasteiger partial charge on any atom is -0.287 e. The lowest BCUT2D eigenvalue weighted by atomic mass is 10.3. The third kappa shape index (κ3) is 2.20. The topological polar surface area (TPSA) is 47.2 Å². The average Bonchev–Trinajstić information content (AvgIpc) is 2.46. The molecule has 94 valence electrons. The predicted octanol–water partition coefficient (Wildman–Crippen LogP) is 2.23. The van der Waals surface area contributed by atoms with E-state index in [4.69, 9.17) is 0 Å². The third-order valence-electron chi connectivity index (χ3n) is 2.76. The number of hydrogen-bond acceptors (Lipinski definition) is 4. The molecule has 0 unspecified atom stereocenters. The first kappa shape index (κ1) is 11.8. The molecule has 19 heavy (non-hydrogen) atoms. The molecule has 1 aromatic carbocycles. The van der Waals surface area contributed by atoms with Crippen LogP contribution >= 0.6 is 11.3 Å². The van der Waals surface area contributed by atoms with Gasteiger partial charge in [-0.2, -0.15) is 0 Å². The normalized spacial score (nSPS) is 11.9. The van der Waals surface area contributed by atoms with Crippen LogP contribution < -0.4 is 10.4 Å². The van der Waals surface area contributed by atoms with E-state index in [0.717, 1.165) is 5.69 Å². The Morgan fingerprint density at radius 3 is 2.74 bits per heavy atom. The van der Waals surface area contributed by atoms with Crippen molar-refractivity contribution in [1.82, 2.24) is 9.55 Å². The van der Waals surface area contributed by atoms with E-state index in [2.05, 4.69) is 9.98 Å². The number of hydrogen-bond donors (Lipinski definition) is 0. The fourth-order valence-electron chi connectivity index (χ4n) is 1.77. The summed E-state index contributed by atoms with van der Waals surface area (Å²) < 4.78 is 1.56. The molecule has 5 heteroatoms. The smallest absolute Gasteiger partial charge is 0.262 e. The van der Waals surface area contributed by atoms with Crippen molar-refractivity contribution in [3.05, 3.63) is 63.8 Å². The van der Waals surface area contributed by atoms with Gasteiger partial charge in [-0.05, 0) is 24.3 Å². The van der Waals surface area contributed by atoms with Crippen LogP contribution in [0.4, 0.5) is 5.69 Å². The summed E-state index contributed by atoms with van der Waals surface area (Å²) in [4.78, 5) is 22.3. The highest BCUT2D eigenvalue weighted by atomic mass is 32.1. The van der Waals surface area contributed by atoms with E-state index in [9.17, 15) is 4.79 Å². The first-order valence-corrected chi connectivity index (χ1v) is 6.62. The molecule has 0 spiro atoms. The molecule has 0 fully saturated rings. The van der Waals surface area contributed by atoms with Gasteiger partial charge in [0, 0.05) is 13.2 Å². The number of pyridine rings is 1. The van der Waals surface area contributed by atoms with Gasteiger partial charge in [-0.1, -0.05) is 29.5 Å². The van der Waals surface area contributed by atoms with Gasteiger partial charge in [-0.25, -0.2) is 9.98 Å². The molecule has 0 aliphatic rings. The van der Waals surface area contributed by atoms with Crippen LogP contribution in [0.25, 0.3) is 10.2 Å². The average molecular weight is 269 g/mol. The number of fused-ring (bicyclic) bond motifs is 1. The van der Waals surface area contributed by atoms with E-state index in [0.29, 0.717) is 15.0 Å². The summed E-state index contributed by atoms with van der Waals surface area (Å²) in [5.41, 5.74) is 0.751. The van der Waals surface area contributed by atoms with Gasteiger partial charge in [0.15, 0.2) is 4.80 Å². The number of nitrogens with zero attached hydrogens (tertiary/aromatic N) is 3. The standard InChI is InChI=1S/C14H11N3OS/c1-17-13(18)11-8-5-9-15-12(11)19-14(17)16-10-6-3-2-4-7-10/h2-9H,1H3. The largest absolute Gasteiger partial charge is 0.287 e. The highest BCUT2D eigenvalue weighted by molar-refractivity contribution is 7.15. The highest BCUT2D eigenvalue weighted by Gasteiger charge is 2.04. The minimum atomic E-state index is -0.0727. The Hall–Kier alpha value is -2.27. The van der Waals surface area contributed by atoms with Gasteiger partial charge in [0.1, 0.15) is 4.83 Å². The van der Waals surface area contributed by atoms with Gasteiger partial charge in [-0.3, -0.25) is 9.36 Å². The maximum absolute atomic E-state index is 12.2. The fourth-order valence-corrected chi connectivity index (χ4v) is 2.69.